The van der Waals surface area contributed by atoms with E-state index in [1.54, 1.807) is 6.20 Å². The molecule has 2 saturated heterocycles. The first-order valence-corrected chi connectivity index (χ1v) is 12.9. The fourth-order valence-corrected chi connectivity index (χ4v) is 5.34. The molecular formula is C28H30ClN5O2. The zero-order chi connectivity index (χ0) is 24.9. The SMILES string of the molecule is O=C(Nc1ccc(C2CCN(C(=O)Cc3cccc(Cl)c3)CC2)cc1)C1CCN(c2cccnn2)C1. The maximum atomic E-state index is 12.8. The van der Waals surface area contributed by atoms with Gasteiger partial charge in [-0.3, -0.25) is 9.59 Å². The van der Waals surface area contributed by atoms with Gasteiger partial charge in [-0.2, -0.15) is 5.10 Å². The highest BCUT2D eigenvalue weighted by molar-refractivity contribution is 6.30. The highest BCUT2D eigenvalue weighted by atomic mass is 35.5. The predicted octanol–water partition coefficient (Wildman–Crippen LogP) is 4.54. The van der Waals surface area contributed by atoms with Crippen molar-refractivity contribution in [3.05, 3.63) is 83.0 Å². The number of rotatable bonds is 6. The molecule has 2 amide bonds. The van der Waals surface area contributed by atoms with E-state index in [1.807, 2.05) is 53.4 Å². The Bertz CT molecular complexity index is 1200. The number of amides is 2. The maximum Gasteiger partial charge on any atom is 0.229 e. The summed E-state index contributed by atoms with van der Waals surface area (Å²) in [5.41, 5.74) is 3.02. The summed E-state index contributed by atoms with van der Waals surface area (Å²) in [5.74, 6) is 1.36. The van der Waals surface area contributed by atoms with Crippen molar-refractivity contribution in [1.82, 2.24) is 15.1 Å². The zero-order valence-electron chi connectivity index (χ0n) is 20.1. The van der Waals surface area contributed by atoms with Gasteiger partial charge in [-0.15, -0.1) is 5.10 Å². The lowest BCUT2D eigenvalue weighted by molar-refractivity contribution is -0.131. The van der Waals surface area contributed by atoms with E-state index in [9.17, 15) is 9.59 Å². The number of carbonyl (C=O) groups excluding carboxylic acids is 2. The van der Waals surface area contributed by atoms with Crippen LogP contribution in [0, 0.1) is 5.92 Å². The number of benzene rings is 2. The van der Waals surface area contributed by atoms with E-state index >= 15 is 0 Å². The summed E-state index contributed by atoms with van der Waals surface area (Å²) < 4.78 is 0. The summed E-state index contributed by atoms with van der Waals surface area (Å²) in [6.07, 6.45) is 4.71. The Morgan fingerprint density at radius 3 is 2.50 bits per heavy atom. The first kappa shape index (κ1) is 24.3. The molecule has 0 saturated carbocycles. The van der Waals surface area contributed by atoms with E-state index in [1.165, 1.54) is 5.56 Å². The molecule has 2 fully saturated rings. The largest absolute Gasteiger partial charge is 0.354 e. The van der Waals surface area contributed by atoms with E-state index in [0.717, 1.165) is 56.0 Å². The fraction of sp³-hybridized carbons (Fsp3) is 0.357. The Morgan fingerprint density at radius 2 is 1.78 bits per heavy atom. The smallest absolute Gasteiger partial charge is 0.229 e. The first-order valence-electron chi connectivity index (χ1n) is 12.5. The molecule has 7 nitrogen and oxygen atoms in total. The molecule has 8 heteroatoms. The predicted molar refractivity (Wildman–Crippen MR) is 141 cm³/mol. The number of halogens is 1. The number of likely N-dealkylation sites (tertiary alicyclic amines) is 1. The molecule has 1 atom stereocenters. The standard InChI is InChI=1S/C28H30ClN5O2/c29-24-4-1-3-20(17-24)18-27(35)33-14-10-22(11-15-33)21-6-8-25(9-7-21)31-28(36)23-12-16-34(19-23)26-5-2-13-30-32-26/h1-9,13,17,22-23H,10-12,14-16,18-19H2,(H,31,36). The summed E-state index contributed by atoms with van der Waals surface area (Å²) in [6, 6.07) is 19.5. The van der Waals surface area contributed by atoms with Gasteiger partial charge in [0.1, 0.15) is 0 Å². The summed E-state index contributed by atoms with van der Waals surface area (Å²) in [6.45, 7) is 2.96. The molecular weight excluding hydrogens is 474 g/mol. The van der Waals surface area contributed by atoms with Crippen molar-refractivity contribution >= 4 is 34.9 Å². The van der Waals surface area contributed by atoms with Gasteiger partial charge in [0, 0.05) is 43.1 Å². The van der Waals surface area contributed by atoms with Gasteiger partial charge in [0.15, 0.2) is 5.82 Å². The van der Waals surface area contributed by atoms with Crippen LogP contribution in [-0.4, -0.2) is 53.1 Å². The first-order chi connectivity index (χ1) is 17.5. The molecule has 1 unspecified atom stereocenters. The highest BCUT2D eigenvalue weighted by Crippen LogP contribution is 2.30. The number of nitrogens with one attached hydrogen (secondary N) is 1. The van der Waals surface area contributed by atoms with Crippen molar-refractivity contribution in [2.75, 3.05) is 36.4 Å². The van der Waals surface area contributed by atoms with E-state index < -0.39 is 0 Å². The van der Waals surface area contributed by atoms with E-state index in [0.29, 0.717) is 23.9 Å². The van der Waals surface area contributed by atoms with Gasteiger partial charge >= 0.3 is 0 Å². The van der Waals surface area contributed by atoms with Crippen LogP contribution in [0.25, 0.3) is 0 Å². The van der Waals surface area contributed by atoms with Crippen molar-refractivity contribution < 1.29 is 9.59 Å². The summed E-state index contributed by atoms with van der Waals surface area (Å²) >= 11 is 6.05. The van der Waals surface area contributed by atoms with Crippen LogP contribution in [0.4, 0.5) is 11.5 Å². The lowest BCUT2D eigenvalue weighted by atomic mass is 9.89. The molecule has 1 aromatic heterocycles. The van der Waals surface area contributed by atoms with Gasteiger partial charge in [-0.1, -0.05) is 35.9 Å². The molecule has 36 heavy (non-hydrogen) atoms. The van der Waals surface area contributed by atoms with Gasteiger partial charge in [0.2, 0.25) is 11.8 Å². The Balaban J connectivity index is 1.09. The van der Waals surface area contributed by atoms with Crippen LogP contribution in [0.2, 0.25) is 5.02 Å². The molecule has 0 bridgehead atoms. The molecule has 2 aromatic carbocycles. The van der Waals surface area contributed by atoms with Gasteiger partial charge in [0.25, 0.3) is 0 Å². The summed E-state index contributed by atoms with van der Waals surface area (Å²) in [5, 5.41) is 11.8. The van der Waals surface area contributed by atoms with Crippen molar-refractivity contribution in [2.24, 2.45) is 5.92 Å². The van der Waals surface area contributed by atoms with Crippen molar-refractivity contribution in [3.8, 4) is 0 Å². The van der Waals surface area contributed by atoms with E-state index in [2.05, 4.69) is 32.5 Å². The molecule has 0 spiro atoms. The van der Waals surface area contributed by atoms with Crippen LogP contribution in [0.15, 0.2) is 66.9 Å². The number of nitrogens with zero attached hydrogens (tertiary/aromatic N) is 4. The maximum absolute atomic E-state index is 12.8. The molecule has 2 aliphatic rings. The average molecular weight is 504 g/mol. The minimum Gasteiger partial charge on any atom is -0.354 e. The number of anilines is 2. The molecule has 5 rings (SSSR count). The van der Waals surface area contributed by atoms with Crippen LogP contribution in [0.5, 0.6) is 0 Å². The Hall–Kier alpha value is -3.45. The normalized spacial score (nSPS) is 18.3. The highest BCUT2D eigenvalue weighted by Gasteiger charge is 2.29. The Labute approximate surface area is 216 Å². The topological polar surface area (TPSA) is 78.4 Å². The van der Waals surface area contributed by atoms with Gasteiger partial charge in [0.05, 0.1) is 12.3 Å². The zero-order valence-corrected chi connectivity index (χ0v) is 20.9. The van der Waals surface area contributed by atoms with Crippen molar-refractivity contribution in [1.29, 1.82) is 0 Å². The molecule has 186 valence electrons. The van der Waals surface area contributed by atoms with E-state index in [-0.39, 0.29) is 17.7 Å². The molecule has 3 heterocycles. The monoisotopic (exact) mass is 503 g/mol. The Morgan fingerprint density at radius 1 is 0.972 bits per heavy atom. The van der Waals surface area contributed by atoms with Crippen LogP contribution < -0.4 is 10.2 Å². The van der Waals surface area contributed by atoms with Gasteiger partial charge in [-0.05, 0) is 72.7 Å². The lowest BCUT2D eigenvalue weighted by Crippen LogP contribution is -2.38. The van der Waals surface area contributed by atoms with Crippen LogP contribution >= 0.6 is 11.6 Å². The summed E-state index contributed by atoms with van der Waals surface area (Å²) in [7, 11) is 0. The molecule has 1 N–H and O–H groups in total. The van der Waals surface area contributed by atoms with Crippen molar-refractivity contribution in [3.63, 3.8) is 0 Å². The van der Waals surface area contributed by atoms with Crippen LogP contribution in [0.3, 0.4) is 0 Å². The lowest BCUT2D eigenvalue weighted by Gasteiger charge is -2.32. The molecule has 3 aromatic rings. The van der Waals surface area contributed by atoms with Gasteiger partial charge in [-0.25, -0.2) is 0 Å². The average Bonchev–Trinajstić information content (AvgIpc) is 3.41. The van der Waals surface area contributed by atoms with Gasteiger partial charge < -0.3 is 15.1 Å². The van der Waals surface area contributed by atoms with Crippen molar-refractivity contribution in [2.45, 2.75) is 31.6 Å². The van der Waals surface area contributed by atoms with Crippen LogP contribution in [0.1, 0.15) is 36.3 Å². The third-order valence-corrected chi connectivity index (χ3v) is 7.42. The quantitative estimate of drug-likeness (QED) is 0.534. The minimum absolute atomic E-state index is 0.0423. The van der Waals surface area contributed by atoms with E-state index in [4.69, 9.17) is 11.6 Å². The number of hydrogen-bond acceptors (Lipinski definition) is 5. The number of carbonyl (C=O) groups is 2. The number of aromatic nitrogens is 2. The second-order valence-corrected chi connectivity index (χ2v) is 10.0. The molecule has 2 aliphatic heterocycles. The second kappa shape index (κ2) is 11.1. The fourth-order valence-electron chi connectivity index (χ4n) is 5.12. The second-order valence-electron chi connectivity index (χ2n) is 9.59. The number of piperidine rings is 1. The molecule has 0 radical (unpaired) electrons. The molecule has 0 aliphatic carbocycles. The minimum atomic E-state index is -0.0690. The third kappa shape index (κ3) is 5.85. The van der Waals surface area contributed by atoms with Crippen LogP contribution in [-0.2, 0) is 16.0 Å². The summed E-state index contributed by atoms with van der Waals surface area (Å²) in [4.78, 5) is 29.6. The third-order valence-electron chi connectivity index (χ3n) is 7.18. The number of hydrogen-bond donors (Lipinski definition) is 1. The Kier molecular flexibility index (Phi) is 7.47.